The number of carbonyl (C=O) groups excluding carboxylic acids is 3. The molecule has 0 radical (unpaired) electrons. The molecule has 0 saturated carbocycles. The third kappa shape index (κ3) is 6.25. The van der Waals surface area contributed by atoms with Crippen molar-refractivity contribution in [3.8, 4) is 11.4 Å². The molecule has 3 N–H and O–H groups in total. The fourth-order valence-corrected chi connectivity index (χ4v) is 5.63. The Labute approximate surface area is 273 Å². The monoisotopic (exact) mass is 667 g/mol. The van der Waals surface area contributed by atoms with Gasteiger partial charge in [0.2, 0.25) is 11.8 Å². The van der Waals surface area contributed by atoms with Gasteiger partial charge in [-0.05, 0) is 61.0 Å². The van der Waals surface area contributed by atoms with Gasteiger partial charge in [-0.3, -0.25) is 14.4 Å². The maximum absolute atomic E-state index is 13.8. The zero-order valence-corrected chi connectivity index (χ0v) is 26.4. The Morgan fingerprint density at radius 3 is 2.16 bits per heavy atom. The highest BCUT2D eigenvalue weighted by atomic mass is 35.5. The molecular weight excluding hydrogens is 644 g/mol. The van der Waals surface area contributed by atoms with Crippen LogP contribution in [-0.4, -0.2) is 40.4 Å². The minimum atomic E-state index is -0.994. The van der Waals surface area contributed by atoms with E-state index in [1.807, 2.05) is 6.07 Å². The largest absolute Gasteiger partial charge is 0.357 e. The maximum Gasteiger partial charge on any atom is 0.254 e. The first-order valence-electron chi connectivity index (χ1n) is 13.4. The van der Waals surface area contributed by atoms with Crippen molar-refractivity contribution in [2.45, 2.75) is 19.0 Å². The molecule has 0 saturated heterocycles. The van der Waals surface area contributed by atoms with E-state index in [9.17, 15) is 14.4 Å². The molecule has 0 bridgehead atoms. The van der Waals surface area contributed by atoms with Crippen LogP contribution in [0.1, 0.15) is 28.9 Å². The SMILES string of the molecule is CNC(=O)C(c1ccccc1)n1c(-c2c(Cl)ccc(Cl)c2Cl)nc2cccc(C(=O)N[C@@H](C)C(=O)Nc3ccc(Cl)cc3)c21. The summed E-state index contributed by atoms with van der Waals surface area (Å²) in [4.78, 5) is 45.2. The van der Waals surface area contributed by atoms with Crippen molar-refractivity contribution in [3.05, 3.63) is 116 Å². The topological polar surface area (TPSA) is 105 Å². The van der Waals surface area contributed by atoms with Gasteiger partial charge < -0.3 is 20.5 Å². The molecule has 12 heteroatoms. The summed E-state index contributed by atoms with van der Waals surface area (Å²) < 4.78 is 1.63. The van der Waals surface area contributed by atoms with E-state index in [4.69, 9.17) is 51.4 Å². The summed E-state index contributed by atoms with van der Waals surface area (Å²) >= 11 is 25.7. The van der Waals surface area contributed by atoms with Crippen LogP contribution >= 0.6 is 46.4 Å². The van der Waals surface area contributed by atoms with E-state index < -0.39 is 23.9 Å². The minimum absolute atomic E-state index is 0.137. The van der Waals surface area contributed by atoms with Crippen LogP contribution in [-0.2, 0) is 9.59 Å². The molecule has 1 heterocycles. The quantitative estimate of drug-likeness (QED) is 0.150. The van der Waals surface area contributed by atoms with Crippen molar-refractivity contribution < 1.29 is 14.4 Å². The van der Waals surface area contributed by atoms with Gasteiger partial charge in [-0.2, -0.15) is 0 Å². The molecular formula is C32H25Cl4N5O3. The van der Waals surface area contributed by atoms with Crippen molar-refractivity contribution in [1.29, 1.82) is 0 Å². The molecule has 0 fully saturated rings. The Morgan fingerprint density at radius 1 is 0.795 bits per heavy atom. The Hall–Kier alpha value is -4.08. The number of fused-ring (bicyclic) bond motifs is 1. The number of halogens is 4. The van der Waals surface area contributed by atoms with E-state index in [-0.39, 0.29) is 32.4 Å². The lowest BCUT2D eigenvalue weighted by molar-refractivity contribution is -0.122. The zero-order chi connectivity index (χ0) is 31.5. The number of rotatable bonds is 8. The molecule has 2 atom stereocenters. The van der Waals surface area contributed by atoms with E-state index in [1.165, 1.54) is 7.05 Å². The lowest BCUT2D eigenvalue weighted by Gasteiger charge is -2.23. The van der Waals surface area contributed by atoms with Crippen LogP contribution in [0.5, 0.6) is 0 Å². The predicted octanol–water partition coefficient (Wildman–Crippen LogP) is 7.41. The molecule has 5 aromatic rings. The number of likely N-dealkylation sites (N-methyl/N-ethyl adjacent to an activating group) is 1. The van der Waals surface area contributed by atoms with Crippen molar-refractivity contribution in [3.63, 3.8) is 0 Å². The molecule has 8 nitrogen and oxygen atoms in total. The molecule has 44 heavy (non-hydrogen) atoms. The highest BCUT2D eigenvalue weighted by molar-refractivity contribution is 6.46. The Morgan fingerprint density at radius 2 is 1.48 bits per heavy atom. The molecule has 224 valence electrons. The third-order valence-electron chi connectivity index (χ3n) is 6.94. The number of nitrogens with zero attached hydrogens (tertiary/aromatic N) is 2. The fourth-order valence-electron chi connectivity index (χ4n) is 4.81. The number of para-hydroxylation sites is 1. The summed E-state index contributed by atoms with van der Waals surface area (Å²) in [5.41, 5.74) is 2.33. The van der Waals surface area contributed by atoms with E-state index in [0.29, 0.717) is 32.9 Å². The van der Waals surface area contributed by atoms with Crippen LogP contribution in [0.2, 0.25) is 20.1 Å². The summed E-state index contributed by atoms with van der Waals surface area (Å²) in [5, 5.41) is 9.38. The summed E-state index contributed by atoms with van der Waals surface area (Å²) in [5.74, 6) is -1.15. The van der Waals surface area contributed by atoms with Gasteiger partial charge in [0.15, 0.2) is 0 Å². The molecule has 0 spiro atoms. The third-order valence-corrected chi connectivity index (χ3v) is 8.31. The van der Waals surface area contributed by atoms with Gasteiger partial charge in [-0.1, -0.05) is 82.8 Å². The summed E-state index contributed by atoms with van der Waals surface area (Å²) in [6.45, 7) is 1.56. The van der Waals surface area contributed by atoms with Gasteiger partial charge >= 0.3 is 0 Å². The number of anilines is 1. The standard InChI is InChI=1S/C32H25Cl4N5O3/c1-17(30(42)39-20-13-11-19(33)12-14-20)38-31(43)21-9-6-10-24-28(21)41(27(32(44)37-2)18-7-4-3-5-8-18)29(40-24)25-22(34)15-16-23(35)26(25)36/h3-17,27H,1-2H3,(H,37,44)(H,38,43)(H,39,42)/t17-,27?/m0/s1. The molecule has 1 aromatic heterocycles. The second-order valence-electron chi connectivity index (χ2n) is 9.82. The van der Waals surface area contributed by atoms with Crippen molar-refractivity contribution >= 4 is 80.8 Å². The summed E-state index contributed by atoms with van der Waals surface area (Å²) in [6, 6.07) is 21.8. The van der Waals surface area contributed by atoms with E-state index in [1.54, 1.807) is 90.4 Å². The molecule has 0 aliphatic heterocycles. The normalized spacial score (nSPS) is 12.4. The molecule has 0 aliphatic carbocycles. The van der Waals surface area contributed by atoms with Crippen LogP contribution < -0.4 is 16.0 Å². The smallest absolute Gasteiger partial charge is 0.254 e. The Balaban J connectivity index is 1.67. The molecule has 3 amide bonds. The predicted molar refractivity (Wildman–Crippen MR) is 176 cm³/mol. The van der Waals surface area contributed by atoms with Crippen LogP contribution in [0.4, 0.5) is 5.69 Å². The summed E-state index contributed by atoms with van der Waals surface area (Å²) in [6.07, 6.45) is 0. The van der Waals surface area contributed by atoms with Crippen molar-refractivity contribution in [2.24, 2.45) is 0 Å². The summed E-state index contributed by atoms with van der Waals surface area (Å²) in [7, 11) is 1.52. The van der Waals surface area contributed by atoms with Gasteiger partial charge in [-0.15, -0.1) is 0 Å². The molecule has 4 aromatic carbocycles. The van der Waals surface area contributed by atoms with Gasteiger partial charge in [0.05, 0.1) is 37.2 Å². The van der Waals surface area contributed by atoms with Crippen LogP contribution in [0.25, 0.3) is 22.4 Å². The minimum Gasteiger partial charge on any atom is -0.357 e. The first kappa shape index (κ1) is 31.3. The number of nitrogens with one attached hydrogen (secondary N) is 3. The van der Waals surface area contributed by atoms with Gasteiger partial charge in [-0.25, -0.2) is 4.98 Å². The first-order chi connectivity index (χ1) is 21.1. The number of carbonyl (C=O) groups is 3. The van der Waals surface area contributed by atoms with Crippen molar-refractivity contribution in [1.82, 2.24) is 20.2 Å². The van der Waals surface area contributed by atoms with Crippen LogP contribution in [0.3, 0.4) is 0 Å². The van der Waals surface area contributed by atoms with E-state index in [0.717, 1.165) is 0 Å². The van der Waals surface area contributed by atoms with Gasteiger partial charge in [0, 0.05) is 17.8 Å². The fraction of sp³-hybridized carbons (Fsp3) is 0.125. The number of benzene rings is 4. The number of imidazole rings is 1. The number of aromatic nitrogens is 2. The average molecular weight is 669 g/mol. The zero-order valence-electron chi connectivity index (χ0n) is 23.4. The van der Waals surface area contributed by atoms with Crippen LogP contribution in [0.15, 0.2) is 84.9 Å². The highest BCUT2D eigenvalue weighted by Crippen LogP contribution is 2.42. The second-order valence-corrected chi connectivity index (χ2v) is 11.4. The highest BCUT2D eigenvalue weighted by Gasteiger charge is 2.32. The van der Waals surface area contributed by atoms with E-state index >= 15 is 0 Å². The maximum atomic E-state index is 13.8. The molecule has 0 aliphatic rings. The number of hydrogen-bond acceptors (Lipinski definition) is 4. The van der Waals surface area contributed by atoms with Crippen LogP contribution in [0, 0.1) is 0 Å². The van der Waals surface area contributed by atoms with Gasteiger partial charge in [0.25, 0.3) is 5.91 Å². The molecule has 5 rings (SSSR count). The Bertz CT molecular complexity index is 1880. The van der Waals surface area contributed by atoms with E-state index in [2.05, 4.69) is 16.0 Å². The lowest BCUT2D eigenvalue weighted by Crippen LogP contribution is -2.41. The lowest BCUT2D eigenvalue weighted by atomic mass is 10.0. The average Bonchev–Trinajstić information content (AvgIpc) is 3.39. The number of amides is 3. The number of hydrogen-bond donors (Lipinski definition) is 3. The Kier molecular flexibility index (Phi) is 9.46. The molecule has 1 unspecified atom stereocenters. The first-order valence-corrected chi connectivity index (χ1v) is 14.9. The van der Waals surface area contributed by atoms with Crippen molar-refractivity contribution in [2.75, 3.05) is 12.4 Å². The van der Waals surface area contributed by atoms with Gasteiger partial charge in [0.1, 0.15) is 17.9 Å². The second kappa shape index (κ2) is 13.3.